The van der Waals surface area contributed by atoms with Crippen molar-refractivity contribution < 1.29 is 21.9 Å². The summed E-state index contributed by atoms with van der Waals surface area (Å²) < 4.78 is 56.5. The van der Waals surface area contributed by atoms with Crippen molar-refractivity contribution in [1.82, 2.24) is 15.0 Å². The molecule has 4 aromatic rings. The zero-order valence-corrected chi connectivity index (χ0v) is 19.8. The van der Waals surface area contributed by atoms with Gasteiger partial charge in [-0.15, -0.1) is 0 Å². The lowest BCUT2D eigenvalue weighted by atomic mass is 10.1. The Balaban J connectivity index is 1.60. The van der Waals surface area contributed by atoms with Gasteiger partial charge >= 0.3 is 0 Å². The van der Waals surface area contributed by atoms with Gasteiger partial charge in [-0.3, -0.25) is 0 Å². The molecular formula is C25H22F2N4O3S. The van der Waals surface area contributed by atoms with Gasteiger partial charge in [0, 0.05) is 18.0 Å². The maximum Gasteiger partial charge on any atom is 0.230 e. The Hall–Kier alpha value is -3.92. The summed E-state index contributed by atoms with van der Waals surface area (Å²) in [7, 11) is -3.18. The van der Waals surface area contributed by atoms with Crippen molar-refractivity contribution in [1.29, 1.82) is 0 Å². The molecule has 1 atom stereocenters. The SMILES string of the molecule is CC(Oc1cc(F)ccc1-c1ncnc(Nc2cccc(CS(C)(=O)=O)c2)n1)c1ccc(F)cc1. The van der Waals surface area contributed by atoms with Crippen molar-refractivity contribution in [2.45, 2.75) is 18.8 Å². The maximum atomic E-state index is 14.1. The van der Waals surface area contributed by atoms with E-state index < -0.39 is 21.8 Å². The molecule has 3 aromatic carbocycles. The van der Waals surface area contributed by atoms with Gasteiger partial charge in [0.25, 0.3) is 0 Å². The van der Waals surface area contributed by atoms with Crippen molar-refractivity contribution >= 4 is 21.5 Å². The maximum absolute atomic E-state index is 14.1. The van der Waals surface area contributed by atoms with E-state index in [4.69, 9.17) is 4.74 Å². The van der Waals surface area contributed by atoms with Gasteiger partial charge in [-0.2, -0.15) is 4.98 Å². The standard InChI is InChI=1S/C25H22F2N4O3S/c1-16(18-6-8-19(26)9-7-18)34-23-13-20(27)10-11-22(23)24-28-15-29-25(31-24)30-21-5-3-4-17(12-21)14-35(2,32)33/h3-13,15-16H,14H2,1-2H3,(H,28,29,30,31). The molecule has 35 heavy (non-hydrogen) atoms. The summed E-state index contributed by atoms with van der Waals surface area (Å²) in [5, 5.41) is 3.04. The van der Waals surface area contributed by atoms with Crippen molar-refractivity contribution in [3.05, 3.63) is 95.8 Å². The molecule has 0 radical (unpaired) electrons. The van der Waals surface area contributed by atoms with Crippen LogP contribution in [0.5, 0.6) is 5.75 Å². The van der Waals surface area contributed by atoms with E-state index in [0.717, 1.165) is 0 Å². The van der Waals surface area contributed by atoms with Crippen LogP contribution in [0.3, 0.4) is 0 Å². The molecule has 1 unspecified atom stereocenters. The van der Waals surface area contributed by atoms with Crippen LogP contribution in [0.1, 0.15) is 24.2 Å². The Labute approximate surface area is 201 Å². The average Bonchev–Trinajstić information content (AvgIpc) is 2.79. The first-order chi connectivity index (χ1) is 16.7. The Kier molecular flexibility index (Phi) is 7.02. The number of hydrogen-bond acceptors (Lipinski definition) is 7. The minimum Gasteiger partial charge on any atom is -0.485 e. The molecule has 0 bridgehead atoms. The minimum absolute atomic E-state index is 0.0898. The number of halogens is 2. The highest BCUT2D eigenvalue weighted by Crippen LogP contribution is 2.32. The molecule has 1 heterocycles. The van der Waals surface area contributed by atoms with Crippen molar-refractivity contribution in [2.24, 2.45) is 0 Å². The zero-order valence-electron chi connectivity index (χ0n) is 18.9. The van der Waals surface area contributed by atoms with Crippen LogP contribution in [0, 0.1) is 11.6 Å². The van der Waals surface area contributed by atoms with E-state index in [2.05, 4.69) is 20.3 Å². The number of hydrogen-bond donors (Lipinski definition) is 1. The summed E-state index contributed by atoms with van der Waals surface area (Å²) in [5.41, 5.74) is 2.38. The monoisotopic (exact) mass is 496 g/mol. The van der Waals surface area contributed by atoms with Crippen LogP contribution in [0.25, 0.3) is 11.4 Å². The van der Waals surface area contributed by atoms with Crippen LogP contribution in [-0.4, -0.2) is 29.6 Å². The molecule has 180 valence electrons. The average molecular weight is 497 g/mol. The van der Waals surface area contributed by atoms with E-state index in [9.17, 15) is 17.2 Å². The van der Waals surface area contributed by atoms with Gasteiger partial charge in [0.2, 0.25) is 5.95 Å². The number of nitrogens with zero attached hydrogens (tertiary/aromatic N) is 3. The Morgan fingerprint density at radius 3 is 2.46 bits per heavy atom. The lowest BCUT2D eigenvalue weighted by molar-refractivity contribution is 0.227. The largest absolute Gasteiger partial charge is 0.485 e. The molecule has 0 spiro atoms. The second kappa shape index (κ2) is 10.1. The second-order valence-electron chi connectivity index (χ2n) is 7.98. The third-order valence-corrected chi connectivity index (χ3v) is 5.87. The number of nitrogens with one attached hydrogen (secondary N) is 1. The predicted octanol–water partition coefficient (Wildman–Crippen LogP) is 5.25. The highest BCUT2D eigenvalue weighted by molar-refractivity contribution is 7.89. The van der Waals surface area contributed by atoms with Crippen LogP contribution in [0.15, 0.2) is 73.1 Å². The van der Waals surface area contributed by atoms with Gasteiger partial charge in [0.05, 0.1) is 11.3 Å². The number of ether oxygens (including phenoxy) is 1. The summed E-state index contributed by atoms with van der Waals surface area (Å²) >= 11 is 0. The summed E-state index contributed by atoms with van der Waals surface area (Å²) in [6.07, 6.45) is 1.99. The lowest BCUT2D eigenvalue weighted by Gasteiger charge is -2.18. The molecule has 0 fully saturated rings. The van der Waals surface area contributed by atoms with Gasteiger partial charge in [0.15, 0.2) is 15.7 Å². The van der Waals surface area contributed by atoms with Crippen molar-refractivity contribution in [3.8, 4) is 17.1 Å². The van der Waals surface area contributed by atoms with E-state index in [1.54, 1.807) is 43.3 Å². The van der Waals surface area contributed by atoms with Gasteiger partial charge < -0.3 is 10.1 Å². The summed E-state index contributed by atoms with van der Waals surface area (Å²) in [6, 6.07) is 16.8. The quantitative estimate of drug-likeness (QED) is 0.356. The first-order valence-electron chi connectivity index (χ1n) is 10.6. The van der Waals surface area contributed by atoms with Crippen molar-refractivity contribution in [3.63, 3.8) is 0 Å². The normalized spacial score (nSPS) is 12.2. The Morgan fingerprint density at radius 2 is 1.71 bits per heavy atom. The first-order valence-corrected chi connectivity index (χ1v) is 12.7. The number of aromatic nitrogens is 3. The van der Waals surface area contributed by atoms with E-state index in [1.165, 1.54) is 42.9 Å². The van der Waals surface area contributed by atoms with Crippen LogP contribution in [-0.2, 0) is 15.6 Å². The molecule has 0 saturated heterocycles. The molecule has 1 N–H and O–H groups in total. The molecule has 10 heteroatoms. The first kappa shape index (κ1) is 24.2. The van der Waals surface area contributed by atoms with E-state index >= 15 is 0 Å². The van der Waals surface area contributed by atoms with Gasteiger partial charge in [-0.05, 0) is 54.4 Å². The molecule has 1 aromatic heterocycles. The fourth-order valence-corrected chi connectivity index (χ4v) is 4.21. The molecule has 0 aliphatic carbocycles. The number of anilines is 2. The molecule has 4 rings (SSSR count). The van der Waals surface area contributed by atoms with Gasteiger partial charge in [-0.1, -0.05) is 24.3 Å². The topological polar surface area (TPSA) is 94.1 Å². The highest BCUT2D eigenvalue weighted by atomic mass is 32.2. The summed E-state index contributed by atoms with van der Waals surface area (Å²) in [4.78, 5) is 12.8. The molecule has 0 aliphatic heterocycles. The molecule has 0 aliphatic rings. The van der Waals surface area contributed by atoms with E-state index in [0.29, 0.717) is 22.4 Å². The van der Waals surface area contributed by atoms with Gasteiger partial charge in [0.1, 0.15) is 29.8 Å². The second-order valence-corrected chi connectivity index (χ2v) is 10.1. The third kappa shape index (κ3) is 6.57. The summed E-state index contributed by atoms with van der Waals surface area (Å²) in [5.74, 6) is -0.267. The molecule has 0 saturated carbocycles. The number of benzene rings is 3. The molecular weight excluding hydrogens is 474 g/mol. The summed E-state index contributed by atoms with van der Waals surface area (Å²) in [6.45, 7) is 1.77. The van der Waals surface area contributed by atoms with Gasteiger partial charge in [-0.25, -0.2) is 27.2 Å². The minimum atomic E-state index is -3.18. The highest BCUT2D eigenvalue weighted by Gasteiger charge is 2.16. The Morgan fingerprint density at radius 1 is 0.971 bits per heavy atom. The Bertz CT molecular complexity index is 1450. The van der Waals surface area contributed by atoms with E-state index in [-0.39, 0.29) is 29.1 Å². The van der Waals surface area contributed by atoms with Crippen LogP contribution in [0.2, 0.25) is 0 Å². The predicted molar refractivity (Wildman–Crippen MR) is 129 cm³/mol. The third-order valence-electron chi connectivity index (χ3n) is 5.01. The van der Waals surface area contributed by atoms with Crippen molar-refractivity contribution in [2.75, 3.05) is 11.6 Å². The zero-order chi connectivity index (χ0) is 25.0. The number of sulfone groups is 1. The fraction of sp³-hybridized carbons (Fsp3) is 0.160. The van der Waals surface area contributed by atoms with Crippen LogP contribution >= 0.6 is 0 Å². The number of rotatable bonds is 8. The fourth-order valence-electron chi connectivity index (χ4n) is 3.43. The van der Waals surface area contributed by atoms with Crippen LogP contribution < -0.4 is 10.1 Å². The van der Waals surface area contributed by atoms with E-state index in [1.807, 2.05) is 0 Å². The smallest absolute Gasteiger partial charge is 0.230 e. The molecule has 0 amide bonds. The van der Waals surface area contributed by atoms with Crippen LogP contribution in [0.4, 0.5) is 20.4 Å². The molecule has 7 nitrogen and oxygen atoms in total. The lowest BCUT2D eigenvalue weighted by Crippen LogP contribution is -2.06.